The van der Waals surface area contributed by atoms with E-state index in [0.29, 0.717) is 11.1 Å². The van der Waals surface area contributed by atoms with Crippen LogP contribution in [0.5, 0.6) is 11.5 Å². The van der Waals surface area contributed by atoms with Gasteiger partial charge in [-0.25, -0.2) is 8.78 Å². The van der Waals surface area contributed by atoms with Crippen molar-refractivity contribution in [3.63, 3.8) is 0 Å². The molecule has 0 saturated carbocycles. The summed E-state index contributed by atoms with van der Waals surface area (Å²) in [4.78, 5) is 13.3. The molecular weight excluding hydrogens is 482 g/mol. The molecule has 32 heavy (non-hydrogen) atoms. The molecule has 0 aliphatic carbocycles. The first-order chi connectivity index (χ1) is 15.6. The van der Waals surface area contributed by atoms with Crippen LogP contribution in [0, 0.1) is 0 Å². The van der Waals surface area contributed by atoms with Crippen LogP contribution in [0.25, 0.3) is 5.57 Å². The van der Waals surface area contributed by atoms with Crippen LogP contribution in [0.1, 0.15) is 16.7 Å². The fourth-order valence-corrected chi connectivity index (χ4v) is 3.67. The van der Waals surface area contributed by atoms with Crippen molar-refractivity contribution in [3.05, 3.63) is 102 Å². The molecule has 0 amide bonds. The number of esters is 1. The Balaban J connectivity index is 0.00000141. The number of benzene rings is 3. The van der Waals surface area contributed by atoms with Crippen molar-refractivity contribution in [2.24, 2.45) is 0 Å². The lowest BCUT2D eigenvalue weighted by molar-refractivity contribution is -0.153. The highest BCUT2D eigenvalue weighted by Gasteiger charge is 2.56. The summed E-state index contributed by atoms with van der Waals surface area (Å²) in [6, 6.07) is 21.2. The zero-order chi connectivity index (χ0) is 23.1. The van der Waals surface area contributed by atoms with E-state index in [0.717, 1.165) is 6.26 Å². The number of fused-ring (bicyclic) bond motifs is 2. The molecule has 0 spiro atoms. The van der Waals surface area contributed by atoms with Gasteiger partial charge in [0.2, 0.25) is 0 Å². The number of para-hydroxylation sites is 2. The molecule has 3 aromatic carbocycles. The lowest BCUT2D eigenvalue weighted by atomic mass is 9.72. The highest BCUT2D eigenvalue weighted by atomic mass is 79.9. The van der Waals surface area contributed by atoms with Crippen molar-refractivity contribution in [3.8, 4) is 11.5 Å². The van der Waals surface area contributed by atoms with Crippen molar-refractivity contribution in [2.75, 3.05) is 12.4 Å². The van der Waals surface area contributed by atoms with E-state index in [1.165, 1.54) is 12.1 Å². The molecule has 1 N–H and O–H groups in total. The molecule has 0 aromatic heterocycles. The molecule has 0 saturated heterocycles. The van der Waals surface area contributed by atoms with Crippen LogP contribution in [0.4, 0.5) is 8.78 Å². The van der Waals surface area contributed by atoms with Crippen LogP contribution in [-0.2, 0) is 14.9 Å². The van der Waals surface area contributed by atoms with Crippen LogP contribution in [0.3, 0.4) is 0 Å². The zero-order valence-corrected chi connectivity index (χ0v) is 18.8. The highest BCUT2D eigenvalue weighted by molar-refractivity contribution is 9.08. The minimum Gasteiger partial charge on any atom is -0.515 e. The van der Waals surface area contributed by atoms with Crippen LogP contribution < -0.4 is 4.74 Å². The number of alkyl halides is 3. The third-order valence-corrected chi connectivity index (χ3v) is 5.15. The predicted molar refractivity (Wildman–Crippen MR) is 123 cm³/mol. The number of aliphatic hydroxyl groups excluding tert-OH is 1. The summed E-state index contributed by atoms with van der Waals surface area (Å²) >= 11 is 2.94. The van der Waals surface area contributed by atoms with Crippen LogP contribution in [0.15, 0.2) is 85.1 Å². The highest BCUT2D eigenvalue weighted by Crippen LogP contribution is 2.51. The first kappa shape index (κ1) is 23.5. The van der Waals surface area contributed by atoms with Crippen LogP contribution in [-0.4, -0.2) is 29.9 Å². The molecule has 1 aliphatic rings. The fraction of sp³-hybridized carbons (Fsp3) is 0.160. The predicted octanol–water partition coefficient (Wildman–Crippen LogP) is 6.50. The number of halogens is 3. The van der Waals surface area contributed by atoms with Gasteiger partial charge in [0.15, 0.2) is 5.41 Å². The van der Waals surface area contributed by atoms with Crippen molar-refractivity contribution >= 4 is 27.5 Å². The Bertz CT molecular complexity index is 1050. The van der Waals surface area contributed by atoms with Gasteiger partial charge in [-0.2, -0.15) is 0 Å². The summed E-state index contributed by atoms with van der Waals surface area (Å²) in [5.74, 6) is 1.05. The van der Waals surface area contributed by atoms with Gasteiger partial charge in [-0.05, 0) is 23.5 Å². The number of carbonyl (C=O) groups is 1. The molecule has 0 atom stereocenters. The number of rotatable bonds is 5. The Kier molecular flexibility index (Phi) is 7.64. The SMILES string of the molecule is CBr.O=C(OCC(=CO)c1ccccc1)C1(C(F)F)c2ccccc2Oc2ccccc21. The third-order valence-electron chi connectivity index (χ3n) is 5.15. The second kappa shape index (κ2) is 10.4. The Morgan fingerprint density at radius 1 is 0.969 bits per heavy atom. The second-order valence-electron chi connectivity index (χ2n) is 6.80. The van der Waals surface area contributed by atoms with Gasteiger partial charge in [-0.1, -0.05) is 82.7 Å². The van der Waals surface area contributed by atoms with Crippen molar-refractivity contribution in [1.82, 2.24) is 0 Å². The van der Waals surface area contributed by atoms with Gasteiger partial charge < -0.3 is 14.6 Å². The third kappa shape index (κ3) is 4.12. The maximum absolute atomic E-state index is 14.7. The molecule has 7 heteroatoms. The summed E-state index contributed by atoms with van der Waals surface area (Å²) in [5, 5.41) is 9.57. The molecule has 0 bridgehead atoms. The maximum atomic E-state index is 14.7. The Hall–Kier alpha value is -3.19. The van der Waals surface area contributed by atoms with E-state index in [-0.39, 0.29) is 29.2 Å². The Morgan fingerprint density at radius 3 is 1.97 bits per heavy atom. The van der Waals surface area contributed by atoms with E-state index >= 15 is 0 Å². The molecule has 166 valence electrons. The van der Waals surface area contributed by atoms with Crippen molar-refractivity contribution < 1.29 is 28.2 Å². The molecule has 3 aromatic rings. The van der Waals surface area contributed by atoms with Gasteiger partial charge in [0, 0.05) is 16.7 Å². The molecule has 0 unspecified atom stereocenters. The standard InChI is InChI=1S/C24H18F2O4.CH3Br/c25-22(26)24(23(28)29-15-17(14-27)16-8-2-1-3-9-16)18-10-4-6-12-20(18)30-21-13-7-5-11-19(21)24;1-2/h1-14,22,27H,15H2;1H3. The van der Waals surface area contributed by atoms with Crippen LogP contribution in [0.2, 0.25) is 0 Å². The fourth-order valence-electron chi connectivity index (χ4n) is 3.67. The molecule has 4 rings (SSSR count). The first-order valence-corrected chi connectivity index (χ1v) is 11.3. The largest absolute Gasteiger partial charge is 0.515 e. The van der Waals surface area contributed by atoms with E-state index in [9.17, 15) is 18.7 Å². The van der Waals surface area contributed by atoms with Gasteiger partial charge in [0.25, 0.3) is 6.43 Å². The Labute approximate surface area is 193 Å². The number of carbonyl (C=O) groups excluding carboxylic acids is 1. The molecular formula is C25H21BrF2O4. The molecule has 1 aliphatic heterocycles. The average Bonchev–Trinajstić information content (AvgIpc) is 2.84. The summed E-state index contributed by atoms with van der Waals surface area (Å²) in [6.45, 7) is -0.362. The molecule has 4 nitrogen and oxygen atoms in total. The minimum atomic E-state index is -3.09. The van der Waals surface area contributed by atoms with Gasteiger partial charge in [-0.15, -0.1) is 0 Å². The lowest BCUT2D eigenvalue weighted by Crippen LogP contribution is -2.47. The van der Waals surface area contributed by atoms with E-state index in [1.54, 1.807) is 66.7 Å². The molecule has 0 fully saturated rings. The second-order valence-corrected chi connectivity index (χ2v) is 6.80. The van der Waals surface area contributed by atoms with Crippen molar-refractivity contribution in [2.45, 2.75) is 11.8 Å². The van der Waals surface area contributed by atoms with E-state index in [2.05, 4.69) is 15.9 Å². The monoisotopic (exact) mass is 502 g/mol. The average molecular weight is 503 g/mol. The van der Waals surface area contributed by atoms with E-state index in [1.807, 2.05) is 5.83 Å². The number of hydrogen-bond acceptors (Lipinski definition) is 4. The summed E-state index contributed by atoms with van der Waals surface area (Å²) < 4.78 is 40.5. The summed E-state index contributed by atoms with van der Waals surface area (Å²) in [7, 11) is 0. The normalized spacial score (nSPS) is 13.7. The van der Waals surface area contributed by atoms with Gasteiger partial charge in [0.1, 0.15) is 18.1 Å². The number of hydrogen-bond donors (Lipinski definition) is 1. The number of aliphatic hydroxyl groups is 1. The lowest BCUT2D eigenvalue weighted by Gasteiger charge is -2.37. The number of ether oxygens (including phenoxy) is 2. The van der Waals surface area contributed by atoms with Crippen LogP contribution >= 0.6 is 15.9 Å². The minimum absolute atomic E-state index is 0.0398. The van der Waals surface area contributed by atoms with E-state index in [4.69, 9.17) is 9.47 Å². The van der Waals surface area contributed by atoms with Gasteiger partial charge in [-0.3, -0.25) is 4.79 Å². The van der Waals surface area contributed by atoms with E-state index < -0.39 is 17.8 Å². The topological polar surface area (TPSA) is 55.8 Å². The first-order valence-electron chi connectivity index (χ1n) is 9.67. The quantitative estimate of drug-likeness (QED) is 0.246. The van der Waals surface area contributed by atoms with Gasteiger partial charge in [0.05, 0.1) is 6.26 Å². The summed E-state index contributed by atoms with van der Waals surface area (Å²) in [6.07, 6.45) is -2.28. The zero-order valence-electron chi connectivity index (χ0n) is 17.2. The van der Waals surface area contributed by atoms with Crippen molar-refractivity contribution in [1.29, 1.82) is 0 Å². The molecule has 1 heterocycles. The summed E-state index contributed by atoms with van der Waals surface area (Å²) in [5.41, 5.74) is -1.35. The maximum Gasteiger partial charge on any atom is 0.327 e. The Morgan fingerprint density at radius 2 is 1.47 bits per heavy atom. The molecule has 0 radical (unpaired) electrons. The smallest absolute Gasteiger partial charge is 0.327 e. The van der Waals surface area contributed by atoms with Gasteiger partial charge >= 0.3 is 5.97 Å².